The number of amides is 2. The molecule has 4 rings (SSSR count). The molecule has 2 atom stereocenters. The highest BCUT2D eigenvalue weighted by Gasteiger charge is 2.67. The Kier molecular flexibility index (Phi) is 7.16. The maximum Gasteiger partial charge on any atom is 0.259 e. The van der Waals surface area contributed by atoms with Gasteiger partial charge in [-0.2, -0.15) is 0 Å². The van der Waals surface area contributed by atoms with Gasteiger partial charge < -0.3 is 10.2 Å². The minimum atomic E-state index is -1.31. The second kappa shape index (κ2) is 9.82. The molecule has 1 saturated carbocycles. The number of hydrogen-bond donors (Lipinski definition) is 1. The molecule has 35 heavy (non-hydrogen) atoms. The van der Waals surface area contributed by atoms with Crippen molar-refractivity contribution < 1.29 is 14.0 Å². The van der Waals surface area contributed by atoms with Crippen molar-refractivity contribution in [3.8, 4) is 0 Å². The summed E-state index contributed by atoms with van der Waals surface area (Å²) in [6, 6.07) is 15.4. The number of alkyl halides is 2. The molecule has 0 aromatic heterocycles. The van der Waals surface area contributed by atoms with Gasteiger partial charge in [0.05, 0.1) is 16.5 Å². The summed E-state index contributed by atoms with van der Waals surface area (Å²) in [7, 11) is 1.55. The van der Waals surface area contributed by atoms with Gasteiger partial charge >= 0.3 is 0 Å². The minimum absolute atomic E-state index is 0.165. The summed E-state index contributed by atoms with van der Waals surface area (Å²) in [6.07, 6.45) is 1.63. The van der Waals surface area contributed by atoms with Crippen LogP contribution in [0.15, 0.2) is 67.2 Å². The Hall–Kier alpha value is -2.57. The first-order chi connectivity index (χ1) is 16.5. The summed E-state index contributed by atoms with van der Waals surface area (Å²) in [4.78, 5) is 27.4. The standard InChI is InChI=1S/C26H19Cl4FN2O2/c1-3-14-4-5-15(12-21(14)28)22-23(26(22,29)30)24(34)32-17-8-11-20(27)19(13-17)25(35)33(2)18-9-6-16(31)7-10-18/h3-13,22-23H,1H2,2H3,(H,32,34)/t22-,23+/m1/s1. The van der Waals surface area contributed by atoms with E-state index in [-0.39, 0.29) is 10.6 Å². The molecular weight excluding hydrogens is 533 g/mol. The van der Waals surface area contributed by atoms with Crippen LogP contribution in [0.3, 0.4) is 0 Å². The van der Waals surface area contributed by atoms with Crippen LogP contribution < -0.4 is 10.2 Å². The molecule has 9 heteroatoms. The third kappa shape index (κ3) is 5.05. The first kappa shape index (κ1) is 25.5. The van der Waals surface area contributed by atoms with E-state index in [1.54, 1.807) is 31.3 Å². The van der Waals surface area contributed by atoms with Gasteiger partial charge in [-0.25, -0.2) is 4.39 Å². The molecule has 2 amide bonds. The Balaban J connectivity index is 1.53. The number of hydrogen-bond acceptors (Lipinski definition) is 2. The lowest BCUT2D eigenvalue weighted by Crippen LogP contribution is -2.26. The maximum atomic E-state index is 13.2. The van der Waals surface area contributed by atoms with Crippen molar-refractivity contribution in [2.75, 3.05) is 17.3 Å². The van der Waals surface area contributed by atoms with Crippen molar-refractivity contribution >= 4 is 75.7 Å². The molecule has 0 heterocycles. The fraction of sp³-hybridized carbons (Fsp3) is 0.154. The molecule has 0 radical (unpaired) electrons. The molecule has 0 spiro atoms. The number of anilines is 2. The number of rotatable bonds is 6. The molecule has 3 aromatic carbocycles. The van der Waals surface area contributed by atoms with Crippen molar-refractivity contribution in [3.63, 3.8) is 0 Å². The molecular formula is C26H19Cl4FN2O2. The van der Waals surface area contributed by atoms with Crippen LogP contribution in [-0.2, 0) is 4.79 Å². The van der Waals surface area contributed by atoms with E-state index in [2.05, 4.69) is 11.9 Å². The summed E-state index contributed by atoms with van der Waals surface area (Å²) in [5, 5.41) is 3.46. The molecule has 0 saturated heterocycles. The number of nitrogens with zero attached hydrogens (tertiary/aromatic N) is 1. The van der Waals surface area contributed by atoms with Crippen LogP contribution in [0.4, 0.5) is 15.8 Å². The van der Waals surface area contributed by atoms with E-state index in [0.717, 1.165) is 11.1 Å². The third-order valence-corrected chi connectivity index (χ3v) is 7.52. The SMILES string of the molecule is C=Cc1ccc([C@@H]2[C@@H](C(=O)Nc3ccc(Cl)c(C(=O)N(C)c4ccc(F)cc4)c3)C2(Cl)Cl)cc1Cl. The molecule has 4 nitrogen and oxygen atoms in total. The van der Waals surface area contributed by atoms with Gasteiger partial charge in [0.15, 0.2) is 0 Å². The average Bonchev–Trinajstić information content (AvgIpc) is 3.41. The van der Waals surface area contributed by atoms with Crippen molar-refractivity contribution in [1.82, 2.24) is 0 Å². The zero-order chi connectivity index (χ0) is 25.5. The van der Waals surface area contributed by atoms with Gasteiger partial charge in [0.1, 0.15) is 10.2 Å². The minimum Gasteiger partial charge on any atom is -0.326 e. The van der Waals surface area contributed by atoms with Crippen LogP contribution in [0.25, 0.3) is 6.08 Å². The Labute approximate surface area is 222 Å². The number of halogens is 5. The van der Waals surface area contributed by atoms with Crippen molar-refractivity contribution in [2.24, 2.45) is 5.92 Å². The van der Waals surface area contributed by atoms with Crippen LogP contribution in [0.5, 0.6) is 0 Å². The second-order valence-electron chi connectivity index (χ2n) is 8.14. The molecule has 1 aliphatic rings. The van der Waals surface area contributed by atoms with Gasteiger partial charge in [-0.1, -0.05) is 48.0 Å². The number of benzene rings is 3. The van der Waals surface area contributed by atoms with Gasteiger partial charge in [0, 0.05) is 29.4 Å². The highest BCUT2D eigenvalue weighted by molar-refractivity contribution is 6.53. The molecule has 1 aliphatic carbocycles. The van der Waals surface area contributed by atoms with Crippen LogP contribution in [0, 0.1) is 11.7 Å². The predicted octanol–water partition coefficient (Wildman–Crippen LogP) is 7.58. The third-order valence-electron chi connectivity index (χ3n) is 5.92. The van der Waals surface area contributed by atoms with Gasteiger partial charge in [-0.15, -0.1) is 23.2 Å². The molecule has 3 aromatic rings. The zero-order valence-electron chi connectivity index (χ0n) is 18.4. The molecule has 1 fully saturated rings. The van der Waals surface area contributed by atoms with Gasteiger partial charge in [-0.05, 0) is 59.7 Å². The van der Waals surface area contributed by atoms with E-state index in [0.29, 0.717) is 16.4 Å². The smallest absolute Gasteiger partial charge is 0.259 e. The first-order valence-electron chi connectivity index (χ1n) is 10.5. The lowest BCUT2D eigenvalue weighted by molar-refractivity contribution is -0.117. The number of carbonyl (C=O) groups excluding carboxylic acids is 2. The molecule has 0 unspecified atom stereocenters. The van der Waals surface area contributed by atoms with E-state index in [1.165, 1.54) is 41.3 Å². The lowest BCUT2D eigenvalue weighted by Gasteiger charge is -2.18. The highest BCUT2D eigenvalue weighted by atomic mass is 35.5. The van der Waals surface area contributed by atoms with Gasteiger partial charge in [0.2, 0.25) is 5.91 Å². The van der Waals surface area contributed by atoms with Crippen LogP contribution in [-0.4, -0.2) is 23.2 Å². The molecule has 180 valence electrons. The zero-order valence-corrected chi connectivity index (χ0v) is 21.4. The quantitative estimate of drug-likeness (QED) is 0.321. The maximum absolute atomic E-state index is 13.2. The Bertz CT molecular complexity index is 1330. The van der Waals surface area contributed by atoms with E-state index in [9.17, 15) is 14.0 Å². The molecule has 1 N–H and O–H groups in total. The van der Waals surface area contributed by atoms with Crippen LogP contribution in [0.2, 0.25) is 10.0 Å². The second-order valence-corrected chi connectivity index (χ2v) is 10.4. The van der Waals surface area contributed by atoms with Crippen LogP contribution in [0.1, 0.15) is 27.4 Å². The van der Waals surface area contributed by atoms with Crippen molar-refractivity contribution in [1.29, 1.82) is 0 Å². The average molecular weight is 552 g/mol. The van der Waals surface area contributed by atoms with E-state index in [4.69, 9.17) is 46.4 Å². The topological polar surface area (TPSA) is 49.4 Å². The summed E-state index contributed by atoms with van der Waals surface area (Å²) < 4.78 is 11.9. The summed E-state index contributed by atoms with van der Waals surface area (Å²) in [6.45, 7) is 3.71. The Morgan fingerprint density at radius 3 is 2.34 bits per heavy atom. The van der Waals surface area contributed by atoms with Gasteiger partial charge in [-0.3, -0.25) is 9.59 Å². The van der Waals surface area contributed by atoms with E-state index in [1.807, 2.05) is 6.07 Å². The number of nitrogens with one attached hydrogen (secondary N) is 1. The van der Waals surface area contributed by atoms with Gasteiger partial charge in [0.25, 0.3) is 5.91 Å². The Morgan fingerprint density at radius 2 is 1.71 bits per heavy atom. The largest absolute Gasteiger partial charge is 0.326 e. The first-order valence-corrected chi connectivity index (χ1v) is 12.0. The normalized spacial score (nSPS) is 18.0. The lowest BCUT2D eigenvalue weighted by atomic mass is 10.1. The van der Waals surface area contributed by atoms with Crippen molar-refractivity contribution in [2.45, 2.75) is 10.3 Å². The summed E-state index contributed by atoms with van der Waals surface area (Å²) in [5.41, 5.74) is 2.50. The van der Waals surface area contributed by atoms with Crippen molar-refractivity contribution in [3.05, 3.63) is 99.8 Å². The number of carbonyl (C=O) groups is 2. The van der Waals surface area contributed by atoms with E-state index < -0.39 is 33.8 Å². The monoisotopic (exact) mass is 550 g/mol. The van der Waals surface area contributed by atoms with Crippen LogP contribution >= 0.6 is 46.4 Å². The fourth-order valence-corrected chi connectivity index (χ4v) is 5.21. The summed E-state index contributed by atoms with van der Waals surface area (Å²) in [5.74, 6) is -2.43. The Morgan fingerprint density at radius 1 is 1.03 bits per heavy atom. The fourth-order valence-electron chi connectivity index (χ4n) is 3.92. The predicted molar refractivity (Wildman–Crippen MR) is 141 cm³/mol. The summed E-state index contributed by atoms with van der Waals surface area (Å²) >= 11 is 25.4. The van der Waals surface area contributed by atoms with E-state index >= 15 is 0 Å². The highest BCUT2D eigenvalue weighted by Crippen LogP contribution is 2.65. The molecule has 0 bridgehead atoms. The molecule has 0 aliphatic heterocycles.